The third-order valence-electron chi connectivity index (χ3n) is 8.61. The predicted molar refractivity (Wildman–Crippen MR) is 206 cm³/mol. The van der Waals surface area contributed by atoms with Gasteiger partial charge in [0.15, 0.2) is 0 Å². The number of amides is 1. The van der Waals surface area contributed by atoms with Crippen LogP contribution in [-0.2, 0) is 18.9 Å². The number of benzene rings is 5. The van der Waals surface area contributed by atoms with Crippen molar-refractivity contribution in [3.63, 3.8) is 0 Å². The fourth-order valence-electron chi connectivity index (χ4n) is 5.86. The van der Waals surface area contributed by atoms with Crippen LogP contribution in [-0.4, -0.2) is 73.2 Å². The summed E-state index contributed by atoms with van der Waals surface area (Å²) in [5.74, 6) is -2.65. The van der Waals surface area contributed by atoms with Crippen molar-refractivity contribution in [1.82, 2.24) is 9.55 Å². The summed E-state index contributed by atoms with van der Waals surface area (Å²) in [6, 6.07) is 42.5. The Kier molecular flexibility index (Phi) is 11.9. The molecule has 5 aromatic carbocycles. The van der Waals surface area contributed by atoms with Crippen molar-refractivity contribution in [3.05, 3.63) is 191 Å². The molecule has 0 bridgehead atoms. The molecule has 1 aromatic heterocycles. The van der Waals surface area contributed by atoms with Crippen molar-refractivity contribution in [3.8, 4) is 0 Å². The van der Waals surface area contributed by atoms with Gasteiger partial charge in [-0.2, -0.15) is 0 Å². The van der Waals surface area contributed by atoms with Gasteiger partial charge in [-0.05, 0) is 0 Å². The van der Waals surface area contributed by atoms with Crippen molar-refractivity contribution in [2.45, 2.75) is 24.5 Å². The van der Waals surface area contributed by atoms with E-state index in [1.54, 1.807) is 121 Å². The molecule has 2 heterocycles. The minimum atomic E-state index is -1.45. The number of carbonyl (C=O) groups is 4. The van der Waals surface area contributed by atoms with Gasteiger partial charge in [-0.25, -0.2) is 0 Å². The van der Waals surface area contributed by atoms with E-state index in [2.05, 4.69) is 10.3 Å². The Bertz CT molecular complexity index is 2360. The zero-order valence-electron chi connectivity index (χ0n) is 29.5. The number of esters is 3. The second kappa shape index (κ2) is 17.7. The summed E-state index contributed by atoms with van der Waals surface area (Å²) in [5, 5.41) is 2.78. The molecule has 1 saturated heterocycles. The average molecular weight is 815 g/mol. The van der Waals surface area contributed by atoms with Crippen molar-refractivity contribution >= 4 is 53.5 Å². The van der Waals surface area contributed by atoms with Crippen LogP contribution >= 0.6 is 0 Å². The van der Waals surface area contributed by atoms with Crippen LogP contribution in [0.3, 0.4) is 0 Å². The molecule has 13 heteroatoms. The van der Waals surface area contributed by atoms with Crippen LogP contribution in [0.4, 0.5) is 5.82 Å². The van der Waals surface area contributed by atoms with Crippen molar-refractivity contribution in [2.24, 2.45) is 0 Å². The van der Waals surface area contributed by atoms with Crippen LogP contribution in [0.2, 0.25) is 0 Å². The second-order valence-electron chi connectivity index (χ2n) is 12.4. The summed E-state index contributed by atoms with van der Waals surface area (Å²) < 4.78 is 26.7. The Morgan fingerprint density at radius 3 is 1.62 bits per heavy atom. The molecular weight excluding hydrogens is 781 g/mol. The number of nitrogens with one attached hydrogen (secondary N) is 1. The van der Waals surface area contributed by atoms with Gasteiger partial charge < -0.3 is 0 Å². The third-order valence-corrected chi connectivity index (χ3v) is 10.8. The zero-order chi connectivity index (χ0) is 38.9. The summed E-state index contributed by atoms with van der Waals surface area (Å²) in [4.78, 5) is 72.0. The maximum atomic E-state index is 14.1. The Labute approximate surface area is 327 Å². The number of carbonyl (C=O) groups excluding carboxylic acids is 4. The first-order valence-corrected chi connectivity index (χ1v) is 19.2. The van der Waals surface area contributed by atoms with Crippen LogP contribution in [0.15, 0.2) is 163 Å². The first-order chi connectivity index (χ1) is 27.3. The van der Waals surface area contributed by atoms with E-state index in [9.17, 15) is 24.0 Å². The quantitative estimate of drug-likeness (QED) is 0.107. The first kappa shape index (κ1) is 37.6. The Morgan fingerprint density at radius 2 is 1.09 bits per heavy atom. The standard InChI is InChI=1S/C43H33N3O9Se/c47-38(28-16-6-1-7-17-28)44-37-34(56-32-24-14-5-15-25-32)26-46(43(51)45-37)39-36(55-42(50)31-22-12-4-13-23-31)35(54-41(49)30-20-10-3-11-21-30)33(53-39)27-52-40(48)29-18-8-2-9-19-29/h1-26,33,35-36,39H,27H2,(H,44,45,47,51)/t33-,35-,36-,39-/m1/s1. The normalized spacial score (nSPS) is 17.4. The topological polar surface area (TPSA) is 152 Å². The number of aromatic nitrogens is 2. The molecule has 6 aromatic rings. The summed E-state index contributed by atoms with van der Waals surface area (Å²) in [6.07, 6.45) is -3.98. The SMILES string of the molecule is O=C(Nc1nc(=O)n([C@@H]2O[C@H](COC(=O)c3ccccc3)[C@@H](OC(=O)c3ccccc3)[C@H]2OC(=O)c2ccccc2)cc1[Se]c1ccccc1)c1ccccc1. The van der Waals surface area contributed by atoms with Gasteiger partial charge in [0.25, 0.3) is 0 Å². The van der Waals surface area contributed by atoms with Crippen LogP contribution in [0.5, 0.6) is 0 Å². The predicted octanol–water partition coefficient (Wildman–Crippen LogP) is 4.36. The number of rotatable bonds is 12. The van der Waals surface area contributed by atoms with Gasteiger partial charge in [0.05, 0.1) is 0 Å². The molecule has 12 nitrogen and oxygen atoms in total. The van der Waals surface area contributed by atoms with E-state index in [4.69, 9.17) is 18.9 Å². The number of nitrogens with zero attached hydrogens (tertiary/aromatic N) is 2. The van der Waals surface area contributed by atoms with Gasteiger partial charge in [-0.3, -0.25) is 0 Å². The molecule has 1 aliphatic rings. The van der Waals surface area contributed by atoms with Gasteiger partial charge in [0, 0.05) is 0 Å². The van der Waals surface area contributed by atoms with E-state index in [-0.39, 0.29) is 22.5 Å². The fraction of sp³-hybridized carbons (Fsp3) is 0.116. The van der Waals surface area contributed by atoms with Gasteiger partial charge in [0.1, 0.15) is 0 Å². The van der Waals surface area contributed by atoms with E-state index in [0.717, 1.165) is 9.03 Å². The molecular formula is C43H33N3O9Se. The Balaban J connectivity index is 1.29. The third kappa shape index (κ3) is 8.99. The van der Waals surface area contributed by atoms with Crippen molar-refractivity contribution in [1.29, 1.82) is 0 Å². The van der Waals surface area contributed by atoms with Gasteiger partial charge >= 0.3 is 322 Å². The molecule has 0 radical (unpaired) electrons. The molecule has 280 valence electrons. The van der Waals surface area contributed by atoms with Crippen LogP contribution in [0.1, 0.15) is 47.7 Å². The summed E-state index contributed by atoms with van der Waals surface area (Å²) in [6.45, 7) is -0.440. The van der Waals surface area contributed by atoms with E-state index in [1.807, 2.05) is 30.3 Å². The molecule has 0 saturated carbocycles. The first-order valence-electron chi connectivity index (χ1n) is 17.5. The molecule has 0 unspecified atom stereocenters. The van der Waals surface area contributed by atoms with Gasteiger partial charge in [0.2, 0.25) is 0 Å². The van der Waals surface area contributed by atoms with Gasteiger partial charge in [-0.1, -0.05) is 6.07 Å². The molecule has 56 heavy (non-hydrogen) atoms. The Morgan fingerprint density at radius 1 is 0.625 bits per heavy atom. The number of anilines is 1. The van der Waals surface area contributed by atoms with Gasteiger partial charge in [-0.15, -0.1) is 0 Å². The van der Waals surface area contributed by atoms with E-state index < -0.39 is 75.6 Å². The van der Waals surface area contributed by atoms with Crippen LogP contribution in [0, 0.1) is 0 Å². The van der Waals surface area contributed by atoms with E-state index in [0.29, 0.717) is 10.0 Å². The van der Waals surface area contributed by atoms with Crippen LogP contribution in [0.25, 0.3) is 0 Å². The fourth-order valence-corrected chi connectivity index (χ4v) is 7.77. The molecule has 1 N–H and O–H groups in total. The summed E-state index contributed by atoms with van der Waals surface area (Å²) >= 11 is -0.512. The van der Waals surface area contributed by atoms with E-state index in [1.165, 1.54) is 6.20 Å². The molecule has 7 rings (SSSR count). The monoisotopic (exact) mass is 815 g/mol. The molecule has 0 aliphatic carbocycles. The molecule has 1 aliphatic heterocycles. The van der Waals surface area contributed by atoms with E-state index >= 15 is 0 Å². The molecule has 1 fully saturated rings. The number of hydrogen-bond donors (Lipinski definition) is 1. The maximum absolute atomic E-state index is 14.1. The number of hydrogen-bond acceptors (Lipinski definition) is 10. The Hall–Kier alpha value is -6.66. The minimum absolute atomic E-state index is 0.0418. The molecule has 4 atom stereocenters. The van der Waals surface area contributed by atoms with Crippen LogP contribution < -0.4 is 19.9 Å². The second-order valence-corrected chi connectivity index (χ2v) is 14.7. The zero-order valence-corrected chi connectivity index (χ0v) is 31.2. The van der Waals surface area contributed by atoms with Crippen molar-refractivity contribution in [2.75, 3.05) is 11.9 Å². The summed E-state index contributed by atoms with van der Waals surface area (Å²) in [5.41, 5.74) is 0.167. The van der Waals surface area contributed by atoms with Crippen molar-refractivity contribution < 1.29 is 38.1 Å². The molecule has 0 spiro atoms. The number of ether oxygens (including phenoxy) is 4. The average Bonchev–Trinajstić information content (AvgIpc) is 3.57. The molecule has 1 amide bonds. The summed E-state index contributed by atoms with van der Waals surface area (Å²) in [7, 11) is 0.